The second-order valence-corrected chi connectivity index (χ2v) is 8.12. The maximum absolute atomic E-state index is 13.3. The van der Waals surface area contributed by atoms with E-state index in [1.807, 2.05) is 42.7 Å². The van der Waals surface area contributed by atoms with Gasteiger partial charge in [-0.1, -0.05) is 11.8 Å². The van der Waals surface area contributed by atoms with E-state index >= 15 is 0 Å². The summed E-state index contributed by atoms with van der Waals surface area (Å²) in [6, 6.07) is 15.3. The first-order valence-electron chi connectivity index (χ1n) is 10.3. The van der Waals surface area contributed by atoms with E-state index in [2.05, 4.69) is 20.6 Å². The minimum absolute atomic E-state index is 0.147. The average Bonchev–Trinajstić information content (AvgIpc) is 3.40. The summed E-state index contributed by atoms with van der Waals surface area (Å²) < 4.78 is 22.0. The maximum atomic E-state index is 13.3. The fourth-order valence-corrected chi connectivity index (χ4v) is 4.11. The largest absolute Gasteiger partial charge is 0.497 e. The van der Waals surface area contributed by atoms with E-state index in [0.29, 0.717) is 23.2 Å². The number of halogens is 1. The lowest BCUT2D eigenvalue weighted by atomic mass is 10.2. The first-order valence-corrected chi connectivity index (χ1v) is 11.3. The molecule has 0 aliphatic carbocycles. The monoisotopic (exact) mass is 466 g/mol. The van der Waals surface area contributed by atoms with Gasteiger partial charge in [-0.15, -0.1) is 10.2 Å². The summed E-state index contributed by atoms with van der Waals surface area (Å²) in [6.07, 6.45) is 0. The van der Waals surface area contributed by atoms with Crippen molar-refractivity contribution in [3.8, 4) is 22.8 Å². The van der Waals surface area contributed by atoms with Crippen LogP contribution in [0.15, 0.2) is 59.8 Å². The van der Waals surface area contributed by atoms with Crippen LogP contribution in [0.2, 0.25) is 0 Å². The van der Waals surface area contributed by atoms with Crippen LogP contribution in [0.4, 0.5) is 10.2 Å². The van der Waals surface area contributed by atoms with Gasteiger partial charge in [-0.05, 0) is 62.4 Å². The zero-order valence-corrected chi connectivity index (χ0v) is 19.3. The summed E-state index contributed by atoms with van der Waals surface area (Å²) in [5.41, 5.74) is 2.31. The molecule has 1 N–H and O–H groups in total. The molecular formula is C23H23FN6O2S. The second kappa shape index (κ2) is 9.86. The fourth-order valence-electron chi connectivity index (χ4n) is 3.31. The van der Waals surface area contributed by atoms with E-state index in [9.17, 15) is 9.18 Å². The lowest BCUT2D eigenvalue weighted by molar-refractivity contribution is -0.113. The van der Waals surface area contributed by atoms with Crippen molar-refractivity contribution in [2.45, 2.75) is 25.5 Å². The highest BCUT2D eigenvalue weighted by atomic mass is 32.2. The molecule has 0 bridgehead atoms. The smallest absolute Gasteiger partial charge is 0.236 e. The summed E-state index contributed by atoms with van der Waals surface area (Å²) in [4.78, 5) is 12.7. The number of carbonyl (C=O) groups is 1. The Bertz CT molecular complexity index is 1250. The molecule has 0 saturated heterocycles. The van der Waals surface area contributed by atoms with Crippen molar-refractivity contribution in [1.82, 2.24) is 24.5 Å². The first-order chi connectivity index (χ1) is 16.0. The zero-order valence-electron chi connectivity index (χ0n) is 18.4. The number of benzene rings is 2. The lowest BCUT2D eigenvalue weighted by Crippen LogP contribution is -2.17. The average molecular weight is 467 g/mol. The minimum Gasteiger partial charge on any atom is -0.497 e. The third-order valence-electron chi connectivity index (χ3n) is 4.88. The van der Waals surface area contributed by atoms with Gasteiger partial charge in [0.1, 0.15) is 17.4 Å². The van der Waals surface area contributed by atoms with Crippen molar-refractivity contribution >= 4 is 23.5 Å². The lowest BCUT2D eigenvalue weighted by Gasteiger charge is -2.10. The van der Waals surface area contributed by atoms with Crippen molar-refractivity contribution in [3.05, 3.63) is 66.1 Å². The molecule has 0 fully saturated rings. The van der Waals surface area contributed by atoms with Crippen LogP contribution in [0.5, 0.6) is 5.75 Å². The number of thioether (sulfide) groups is 1. The zero-order chi connectivity index (χ0) is 23.4. The van der Waals surface area contributed by atoms with Gasteiger partial charge < -0.3 is 14.6 Å². The summed E-state index contributed by atoms with van der Waals surface area (Å²) in [5.74, 6) is 1.61. The molecule has 0 spiro atoms. The molecule has 4 aromatic rings. The van der Waals surface area contributed by atoms with E-state index in [-0.39, 0.29) is 17.5 Å². The Balaban J connectivity index is 1.46. The third-order valence-corrected chi connectivity index (χ3v) is 5.85. The highest BCUT2D eigenvalue weighted by Crippen LogP contribution is 2.26. The van der Waals surface area contributed by atoms with Crippen molar-refractivity contribution < 1.29 is 13.9 Å². The van der Waals surface area contributed by atoms with Crippen molar-refractivity contribution in [3.63, 3.8) is 0 Å². The molecule has 4 rings (SSSR count). The summed E-state index contributed by atoms with van der Waals surface area (Å²) in [5, 5.41) is 16.5. The Morgan fingerprint density at radius 2 is 1.85 bits per heavy atom. The Kier molecular flexibility index (Phi) is 6.74. The van der Waals surface area contributed by atoms with Gasteiger partial charge in [0.15, 0.2) is 11.0 Å². The minimum atomic E-state index is -0.335. The Morgan fingerprint density at radius 1 is 1.12 bits per heavy atom. The standard InChI is InChI=1S/C23H23FN6O2S/c1-4-29-22(16-5-11-19(32-3)12-6-16)26-27-23(29)33-14-21(31)25-20-13-15(2)28-30(20)18-9-7-17(24)8-10-18/h5-13H,4,14H2,1-3H3,(H,25,31). The highest BCUT2D eigenvalue weighted by Gasteiger charge is 2.16. The van der Waals surface area contributed by atoms with Crippen LogP contribution in [-0.2, 0) is 11.3 Å². The molecular weight excluding hydrogens is 443 g/mol. The molecule has 1 amide bonds. The van der Waals surface area contributed by atoms with Crippen molar-refractivity contribution in [2.24, 2.45) is 0 Å². The Morgan fingerprint density at radius 3 is 2.52 bits per heavy atom. The Labute approximate surface area is 194 Å². The van der Waals surface area contributed by atoms with Gasteiger partial charge in [-0.2, -0.15) is 5.10 Å². The molecule has 33 heavy (non-hydrogen) atoms. The number of nitrogens with one attached hydrogen (secondary N) is 1. The predicted octanol–water partition coefficient (Wildman–Crippen LogP) is 4.34. The topological polar surface area (TPSA) is 86.9 Å². The summed E-state index contributed by atoms with van der Waals surface area (Å²) >= 11 is 1.31. The summed E-state index contributed by atoms with van der Waals surface area (Å²) in [6.45, 7) is 4.49. The number of ether oxygens (including phenoxy) is 1. The van der Waals surface area contributed by atoms with Crippen LogP contribution in [0, 0.1) is 12.7 Å². The molecule has 0 radical (unpaired) electrons. The molecule has 0 unspecified atom stereocenters. The number of nitrogens with zero attached hydrogens (tertiary/aromatic N) is 5. The first kappa shape index (κ1) is 22.5. The van der Waals surface area contributed by atoms with Gasteiger partial charge in [-0.25, -0.2) is 9.07 Å². The maximum Gasteiger partial charge on any atom is 0.236 e. The van der Waals surface area contributed by atoms with Gasteiger partial charge in [0, 0.05) is 18.2 Å². The van der Waals surface area contributed by atoms with Gasteiger partial charge in [-0.3, -0.25) is 4.79 Å². The Hall–Kier alpha value is -3.66. The van der Waals surface area contributed by atoms with Crippen LogP contribution in [0.1, 0.15) is 12.6 Å². The summed E-state index contributed by atoms with van der Waals surface area (Å²) in [7, 11) is 1.62. The van der Waals surface area contributed by atoms with E-state index in [1.165, 1.54) is 23.9 Å². The normalized spacial score (nSPS) is 10.9. The molecule has 0 atom stereocenters. The van der Waals surface area contributed by atoms with Gasteiger partial charge in [0.25, 0.3) is 0 Å². The molecule has 0 aliphatic rings. The number of aryl methyl sites for hydroxylation is 1. The van der Waals surface area contributed by atoms with Crippen LogP contribution < -0.4 is 10.1 Å². The number of hydrogen-bond donors (Lipinski definition) is 1. The predicted molar refractivity (Wildman–Crippen MR) is 125 cm³/mol. The quantitative estimate of drug-likeness (QED) is 0.389. The van der Waals surface area contributed by atoms with E-state index in [0.717, 1.165) is 22.8 Å². The SMILES string of the molecule is CCn1c(SCC(=O)Nc2cc(C)nn2-c2ccc(F)cc2)nnc1-c1ccc(OC)cc1. The number of aromatic nitrogens is 5. The number of anilines is 1. The molecule has 0 saturated carbocycles. The number of carbonyl (C=O) groups excluding carboxylic acids is 1. The van der Waals surface area contributed by atoms with Gasteiger partial charge in [0.05, 0.1) is 24.2 Å². The van der Waals surface area contributed by atoms with Crippen LogP contribution >= 0.6 is 11.8 Å². The van der Waals surface area contributed by atoms with E-state index in [4.69, 9.17) is 4.74 Å². The van der Waals surface area contributed by atoms with Gasteiger partial charge >= 0.3 is 0 Å². The molecule has 170 valence electrons. The van der Waals surface area contributed by atoms with Crippen molar-refractivity contribution in [1.29, 1.82) is 0 Å². The number of amides is 1. The van der Waals surface area contributed by atoms with Crippen molar-refractivity contribution in [2.75, 3.05) is 18.2 Å². The fraction of sp³-hybridized carbons (Fsp3) is 0.217. The number of rotatable bonds is 8. The van der Waals surface area contributed by atoms with Gasteiger partial charge in [0.2, 0.25) is 5.91 Å². The number of methoxy groups -OCH3 is 1. The molecule has 8 nitrogen and oxygen atoms in total. The van der Waals surface area contributed by atoms with E-state index in [1.54, 1.807) is 30.0 Å². The number of hydrogen-bond acceptors (Lipinski definition) is 6. The molecule has 2 aromatic carbocycles. The second-order valence-electron chi connectivity index (χ2n) is 7.17. The highest BCUT2D eigenvalue weighted by molar-refractivity contribution is 7.99. The third kappa shape index (κ3) is 5.06. The van der Waals surface area contributed by atoms with Crippen LogP contribution in [0.3, 0.4) is 0 Å². The molecule has 2 aromatic heterocycles. The van der Waals surface area contributed by atoms with Crippen LogP contribution in [-0.4, -0.2) is 43.3 Å². The molecule has 0 aliphatic heterocycles. The molecule has 2 heterocycles. The molecule has 10 heteroatoms. The van der Waals surface area contributed by atoms with E-state index < -0.39 is 0 Å². The van der Waals surface area contributed by atoms with Crippen LogP contribution in [0.25, 0.3) is 17.1 Å².